The van der Waals surface area contributed by atoms with Gasteiger partial charge in [-0.2, -0.15) is 9.78 Å². The predicted octanol–water partition coefficient (Wildman–Crippen LogP) is 0.523. The maximum absolute atomic E-state index is 10.4. The summed E-state index contributed by atoms with van der Waals surface area (Å²) >= 11 is 0. The van der Waals surface area contributed by atoms with Crippen LogP contribution in [0.15, 0.2) is 12.3 Å². The van der Waals surface area contributed by atoms with Gasteiger partial charge < -0.3 is 9.84 Å². The third kappa shape index (κ3) is 1.08. The van der Waals surface area contributed by atoms with Crippen LogP contribution in [0.3, 0.4) is 0 Å². The van der Waals surface area contributed by atoms with Crippen molar-refractivity contribution in [2.24, 2.45) is 0 Å². The van der Waals surface area contributed by atoms with E-state index in [0.29, 0.717) is 13.2 Å². The molecule has 0 unspecified atom stereocenters. The molecular formula is C7H8N2O3. The number of aromatic nitrogens is 2. The SMILES string of the molecule is O=C(O)n1ccc(C2COC2)n1. The fraction of sp³-hybridized carbons (Fsp3) is 0.429. The van der Waals surface area contributed by atoms with Crippen LogP contribution in [0.25, 0.3) is 0 Å². The molecule has 0 saturated carbocycles. The average Bonchev–Trinajstić information content (AvgIpc) is 2.32. The summed E-state index contributed by atoms with van der Waals surface area (Å²) in [7, 11) is 0. The van der Waals surface area contributed by atoms with Crippen LogP contribution in [0, 0.1) is 0 Å². The lowest BCUT2D eigenvalue weighted by atomic mass is 10.1. The van der Waals surface area contributed by atoms with Gasteiger partial charge in [0.2, 0.25) is 0 Å². The van der Waals surface area contributed by atoms with Gasteiger partial charge in [0.15, 0.2) is 0 Å². The van der Waals surface area contributed by atoms with E-state index in [4.69, 9.17) is 9.84 Å². The maximum atomic E-state index is 10.4. The highest BCUT2D eigenvalue weighted by Crippen LogP contribution is 2.21. The molecule has 5 heteroatoms. The highest BCUT2D eigenvalue weighted by atomic mass is 16.5. The number of ether oxygens (including phenoxy) is 1. The van der Waals surface area contributed by atoms with Crippen molar-refractivity contribution in [3.05, 3.63) is 18.0 Å². The Morgan fingerprint density at radius 3 is 2.92 bits per heavy atom. The van der Waals surface area contributed by atoms with Gasteiger partial charge >= 0.3 is 6.09 Å². The lowest BCUT2D eigenvalue weighted by molar-refractivity contribution is 0.00651. The summed E-state index contributed by atoms with van der Waals surface area (Å²) in [6.07, 6.45) is 0.386. The fourth-order valence-electron chi connectivity index (χ4n) is 1.07. The van der Waals surface area contributed by atoms with Crippen molar-refractivity contribution in [1.82, 2.24) is 9.78 Å². The molecule has 12 heavy (non-hydrogen) atoms. The summed E-state index contributed by atoms with van der Waals surface area (Å²) < 4.78 is 5.87. The van der Waals surface area contributed by atoms with Gasteiger partial charge in [-0.1, -0.05) is 0 Å². The second kappa shape index (κ2) is 2.60. The molecule has 1 aromatic heterocycles. The van der Waals surface area contributed by atoms with Crippen molar-refractivity contribution >= 4 is 6.09 Å². The minimum atomic E-state index is -1.05. The van der Waals surface area contributed by atoms with Crippen molar-refractivity contribution in [3.63, 3.8) is 0 Å². The molecule has 0 bridgehead atoms. The van der Waals surface area contributed by atoms with E-state index >= 15 is 0 Å². The zero-order valence-corrected chi connectivity index (χ0v) is 6.30. The van der Waals surface area contributed by atoms with Crippen LogP contribution in [0.2, 0.25) is 0 Å². The molecule has 2 rings (SSSR count). The Kier molecular flexibility index (Phi) is 1.58. The molecule has 0 aromatic carbocycles. The third-order valence-corrected chi connectivity index (χ3v) is 1.86. The monoisotopic (exact) mass is 168 g/mol. The topological polar surface area (TPSA) is 64.3 Å². The van der Waals surface area contributed by atoms with Crippen LogP contribution in [-0.4, -0.2) is 34.2 Å². The standard InChI is InChI=1S/C7H8N2O3/c10-7(11)9-2-1-6(8-9)5-3-12-4-5/h1-2,5H,3-4H2,(H,10,11). The van der Waals surface area contributed by atoms with E-state index in [1.165, 1.54) is 6.20 Å². The first-order chi connectivity index (χ1) is 5.77. The van der Waals surface area contributed by atoms with Crippen LogP contribution in [0.5, 0.6) is 0 Å². The smallest absolute Gasteiger partial charge is 0.432 e. The maximum Gasteiger partial charge on any atom is 0.432 e. The molecule has 1 fully saturated rings. The molecule has 0 aliphatic carbocycles. The molecule has 0 spiro atoms. The summed E-state index contributed by atoms with van der Waals surface area (Å²) in [5.41, 5.74) is 0.795. The van der Waals surface area contributed by atoms with Gasteiger partial charge in [-0.25, -0.2) is 4.79 Å². The number of hydrogen-bond donors (Lipinski definition) is 1. The quantitative estimate of drug-likeness (QED) is 0.664. The third-order valence-electron chi connectivity index (χ3n) is 1.86. The summed E-state index contributed by atoms with van der Waals surface area (Å²) in [6.45, 7) is 1.30. The zero-order chi connectivity index (χ0) is 8.55. The molecule has 1 aliphatic heterocycles. The van der Waals surface area contributed by atoms with Crippen LogP contribution in [0.1, 0.15) is 11.6 Å². The fourth-order valence-corrected chi connectivity index (χ4v) is 1.07. The van der Waals surface area contributed by atoms with E-state index in [-0.39, 0.29) is 5.92 Å². The Labute approximate surface area is 68.6 Å². The number of carboxylic acid groups (broad SMARTS) is 1. The second-order valence-electron chi connectivity index (χ2n) is 2.70. The van der Waals surface area contributed by atoms with Gasteiger partial charge in [-0.15, -0.1) is 0 Å². The summed E-state index contributed by atoms with van der Waals surface area (Å²) in [5.74, 6) is 0.283. The van der Waals surface area contributed by atoms with Gasteiger partial charge in [0, 0.05) is 12.1 Å². The minimum Gasteiger partial charge on any atom is -0.463 e. The van der Waals surface area contributed by atoms with Crippen LogP contribution in [-0.2, 0) is 4.74 Å². The number of carbonyl (C=O) groups is 1. The van der Waals surface area contributed by atoms with Gasteiger partial charge in [-0.3, -0.25) is 0 Å². The normalized spacial score (nSPS) is 17.3. The van der Waals surface area contributed by atoms with E-state index in [9.17, 15) is 4.79 Å². The van der Waals surface area contributed by atoms with Crippen LogP contribution >= 0.6 is 0 Å². The van der Waals surface area contributed by atoms with E-state index in [1.54, 1.807) is 6.07 Å². The first-order valence-corrected chi connectivity index (χ1v) is 3.64. The first-order valence-electron chi connectivity index (χ1n) is 3.64. The first kappa shape index (κ1) is 7.30. The molecule has 1 saturated heterocycles. The molecule has 1 aromatic rings. The molecule has 2 heterocycles. The summed E-state index contributed by atoms with van der Waals surface area (Å²) in [4.78, 5) is 10.4. The van der Waals surface area contributed by atoms with E-state index in [0.717, 1.165) is 10.4 Å². The molecule has 5 nitrogen and oxygen atoms in total. The lowest BCUT2D eigenvalue weighted by Crippen LogP contribution is -2.25. The Hall–Kier alpha value is -1.36. The van der Waals surface area contributed by atoms with Gasteiger partial charge in [-0.05, 0) is 6.07 Å². The van der Waals surface area contributed by atoms with Crippen LogP contribution < -0.4 is 0 Å². The van der Waals surface area contributed by atoms with E-state index in [1.807, 2.05) is 0 Å². The zero-order valence-electron chi connectivity index (χ0n) is 6.30. The molecule has 64 valence electrons. The van der Waals surface area contributed by atoms with Crippen molar-refractivity contribution in [2.45, 2.75) is 5.92 Å². The van der Waals surface area contributed by atoms with Crippen LogP contribution in [0.4, 0.5) is 4.79 Å². The lowest BCUT2D eigenvalue weighted by Gasteiger charge is -2.23. The largest absolute Gasteiger partial charge is 0.463 e. The van der Waals surface area contributed by atoms with Crippen molar-refractivity contribution in [1.29, 1.82) is 0 Å². The minimum absolute atomic E-state index is 0.283. The second-order valence-corrected chi connectivity index (χ2v) is 2.70. The molecule has 0 radical (unpaired) electrons. The Morgan fingerprint density at radius 1 is 1.75 bits per heavy atom. The predicted molar refractivity (Wildman–Crippen MR) is 39.2 cm³/mol. The van der Waals surface area contributed by atoms with Gasteiger partial charge in [0.05, 0.1) is 18.9 Å². The number of rotatable bonds is 1. The van der Waals surface area contributed by atoms with E-state index < -0.39 is 6.09 Å². The molecular weight excluding hydrogens is 160 g/mol. The van der Waals surface area contributed by atoms with Gasteiger partial charge in [0.1, 0.15) is 0 Å². The molecule has 1 aliphatic rings. The average molecular weight is 168 g/mol. The molecule has 0 amide bonds. The number of hydrogen-bond acceptors (Lipinski definition) is 3. The van der Waals surface area contributed by atoms with Gasteiger partial charge in [0.25, 0.3) is 0 Å². The summed E-state index contributed by atoms with van der Waals surface area (Å²) in [6, 6.07) is 1.71. The van der Waals surface area contributed by atoms with Crippen molar-refractivity contribution in [2.75, 3.05) is 13.2 Å². The Morgan fingerprint density at radius 2 is 2.50 bits per heavy atom. The highest BCUT2D eigenvalue weighted by molar-refractivity contribution is 5.66. The van der Waals surface area contributed by atoms with E-state index in [2.05, 4.69) is 5.10 Å². The Balaban J connectivity index is 2.17. The molecule has 1 N–H and O–H groups in total. The van der Waals surface area contributed by atoms with Crippen molar-refractivity contribution in [3.8, 4) is 0 Å². The van der Waals surface area contributed by atoms with Crippen molar-refractivity contribution < 1.29 is 14.6 Å². The summed E-state index contributed by atoms with van der Waals surface area (Å²) in [5, 5.41) is 12.4. The number of nitrogens with zero attached hydrogens (tertiary/aromatic N) is 2. The molecule has 0 atom stereocenters. The Bertz CT molecular complexity index is 303. The highest BCUT2D eigenvalue weighted by Gasteiger charge is 2.23.